The van der Waals surface area contributed by atoms with Crippen molar-refractivity contribution in [2.45, 2.75) is 127 Å². The molecule has 4 aliphatic rings. The van der Waals surface area contributed by atoms with Gasteiger partial charge in [-0.2, -0.15) is 0 Å². The number of aliphatic hydroxyl groups excluding tert-OH is 2. The molecule has 210 valence electrons. The Morgan fingerprint density at radius 3 is 2.35 bits per heavy atom. The van der Waals surface area contributed by atoms with Crippen LogP contribution in [0.15, 0.2) is 12.7 Å². The molecule has 0 aromatic heterocycles. The Labute approximate surface area is 221 Å². The van der Waals surface area contributed by atoms with Gasteiger partial charge in [-0.1, -0.05) is 46.1 Å². The Balaban J connectivity index is 1.76. The lowest BCUT2D eigenvalue weighted by Crippen LogP contribution is -2.86. The molecule has 4 fully saturated rings. The molecule has 0 radical (unpaired) electrons. The van der Waals surface area contributed by atoms with Crippen molar-refractivity contribution in [3.8, 4) is 0 Å². The normalized spacial score (nSPS) is 46.2. The monoisotopic (exact) mass is 521 g/mol. The lowest BCUT2D eigenvalue weighted by atomic mass is 9.40. The fourth-order valence-corrected chi connectivity index (χ4v) is 8.51. The summed E-state index contributed by atoms with van der Waals surface area (Å²) in [4.78, 5) is 29.3. The summed E-state index contributed by atoms with van der Waals surface area (Å²) in [5.41, 5.74) is -7.13. The highest BCUT2D eigenvalue weighted by atomic mass is 16.6. The SMILES string of the molecule is C=C[C@@]1(C)CC(=O)[C@]2(O)[C@@]3(C)[C@@H](O)CCC(C)(C)[C@@H]3[C@H](O)[C@H](OC(=O)CN(C)C3CCCCC3)[C@@]2(C)O1. The van der Waals surface area contributed by atoms with Crippen LogP contribution in [0.3, 0.4) is 0 Å². The van der Waals surface area contributed by atoms with Gasteiger partial charge in [-0.15, -0.1) is 6.58 Å². The molecule has 3 saturated carbocycles. The second kappa shape index (κ2) is 9.40. The highest BCUT2D eigenvalue weighted by molar-refractivity contribution is 5.92. The minimum atomic E-state index is -2.20. The van der Waals surface area contributed by atoms with E-state index < -0.39 is 63.6 Å². The van der Waals surface area contributed by atoms with E-state index in [4.69, 9.17) is 9.47 Å². The molecule has 0 spiro atoms. The number of aliphatic hydroxyl groups is 3. The van der Waals surface area contributed by atoms with Gasteiger partial charge >= 0.3 is 5.97 Å². The maximum atomic E-state index is 13.9. The molecule has 0 unspecified atom stereocenters. The van der Waals surface area contributed by atoms with Crippen molar-refractivity contribution in [3.63, 3.8) is 0 Å². The number of nitrogens with zero attached hydrogens (tertiary/aromatic N) is 1. The second-order valence-electron chi connectivity index (χ2n) is 13.4. The highest BCUT2D eigenvalue weighted by Gasteiger charge is 2.81. The summed E-state index contributed by atoms with van der Waals surface area (Å²) >= 11 is 0. The van der Waals surface area contributed by atoms with E-state index >= 15 is 0 Å². The predicted molar refractivity (Wildman–Crippen MR) is 139 cm³/mol. The van der Waals surface area contributed by atoms with Gasteiger partial charge in [0, 0.05) is 23.8 Å². The third-order valence-corrected chi connectivity index (χ3v) is 10.6. The molecule has 8 nitrogen and oxygen atoms in total. The molecular weight excluding hydrogens is 474 g/mol. The van der Waals surface area contributed by atoms with Gasteiger partial charge in [0.25, 0.3) is 0 Å². The zero-order chi connectivity index (χ0) is 27.6. The lowest BCUT2D eigenvalue weighted by Gasteiger charge is -2.71. The average molecular weight is 522 g/mol. The lowest BCUT2D eigenvalue weighted by molar-refractivity contribution is -0.370. The molecule has 8 atom stereocenters. The van der Waals surface area contributed by atoms with Gasteiger partial charge in [0.15, 0.2) is 17.5 Å². The van der Waals surface area contributed by atoms with Gasteiger partial charge in [-0.05, 0) is 52.0 Å². The third-order valence-electron chi connectivity index (χ3n) is 10.6. The van der Waals surface area contributed by atoms with Gasteiger partial charge in [-0.25, -0.2) is 0 Å². The maximum Gasteiger partial charge on any atom is 0.320 e. The molecule has 1 saturated heterocycles. The highest BCUT2D eigenvalue weighted by Crippen LogP contribution is 2.67. The Hall–Kier alpha value is -1.32. The molecule has 3 N–H and O–H groups in total. The van der Waals surface area contributed by atoms with Crippen molar-refractivity contribution in [1.29, 1.82) is 0 Å². The minimum Gasteiger partial charge on any atom is -0.455 e. The maximum absolute atomic E-state index is 13.9. The van der Waals surface area contributed by atoms with E-state index in [1.807, 2.05) is 25.8 Å². The first-order chi connectivity index (χ1) is 17.1. The summed E-state index contributed by atoms with van der Waals surface area (Å²) in [6.07, 6.45) is 4.18. The van der Waals surface area contributed by atoms with Crippen LogP contribution in [0, 0.1) is 16.7 Å². The molecule has 3 aliphatic carbocycles. The zero-order valence-electron chi connectivity index (χ0n) is 23.5. The molecule has 0 aromatic rings. The van der Waals surface area contributed by atoms with E-state index in [0.717, 1.165) is 25.7 Å². The number of Topliss-reactive ketones (excluding diaryl/α,β-unsaturated/α-hetero) is 1. The van der Waals surface area contributed by atoms with Crippen molar-refractivity contribution in [2.24, 2.45) is 16.7 Å². The number of esters is 1. The average Bonchev–Trinajstić information content (AvgIpc) is 2.83. The quantitative estimate of drug-likeness (QED) is 0.374. The Kier molecular flexibility index (Phi) is 7.29. The standard InChI is InChI=1S/C29H47NO7/c1-8-26(4)16-20(32)29(35)27(5)19(31)14-15-25(2,3)23(27)22(34)24(28(29,6)37-26)36-21(33)17-30(7)18-12-10-9-11-13-18/h8,18-19,22-24,31,34-35H,1,9-17H2,2-7H3/t19-,22-,23-,24-,26-,27-,28+,29-/m0/s1. The number of ether oxygens (including phenoxy) is 2. The number of fused-ring (bicyclic) bond motifs is 3. The van der Waals surface area contributed by atoms with E-state index in [1.54, 1.807) is 13.8 Å². The summed E-state index contributed by atoms with van der Waals surface area (Å²) in [6, 6.07) is 0.289. The molecule has 8 heteroatoms. The predicted octanol–water partition coefficient (Wildman–Crippen LogP) is 2.76. The number of ketones is 1. The summed E-state index contributed by atoms with van der Waals surface area (Å²) in [5.74, 6) is -1.77. The summed E-state index contributed by atoms with van der Waals surface area (Å²) in [5, 5.41) is 35.8. The topological polar surface area (TPSA) is 117 Å². The van der Waals surface area contributed by atoms with Crippen molar-refractivity contribution < 1.29 is 34.4 Å². The Morgan fingerprint density at radius 2 is 1.76 bits per heavy atom. The van der Waals surface area contributed by atoms with Crippen molar-refractivity contribution >= 4 is 11.8 Å². The number of hydrogen-bond donors (Lipinski definition) is 3. The van der Waals surface area contributed by atoms with Gasteiger partial charge in [0.1, 0.15) is 5.60 Å². The molecule has 37 heavy (non-hydrogen) atoms. The number of rotatable bonds is 5. The van der Waals surface area contributed by atoms with Crippen LogP contribution in [0.2, 0.25) is 0 Å². The fraction of sp³-hybridized carbons (Fsp3) is 0.862. The van der Waals surface area contributed by atoms with Crippen molar-refractivity contribution in [1.82, 2.24) is 4.90 Å². The smallest absolute Gasteiger partial charge is 0.320 e. The van der Waals surface area contributed by atoms with E-state index in [1.165, 1.54) is 19.4 Å². The molecule has 1 heterocycles. The van der Waals surface area contributed by atoms with Crippen LogP contribution in [0.25, 0.3) is 0 Å². The third kappa shape index (κ3) is 4.13. The first-order valence-electron chi connectivity index (χ1n) is 13.9. The van der Waals surface area contributed by atoms with Crippen LogP contribution in [0.4, 0.5) is 0 Å². The summed E-state index contributed by atoms with van der Waals surface area (Å²) in [6.45, 7) is 12.7. The largest absolute Gasteiger partial charge is 0.455 e. The summed E-state index contributed by atoms with van der Waals surface area (Å²) in [7, 11) is 1.90. The number of carbonyl (C=O) groups excluding carboxylic acids is 2. The first kappa shape index (κ1) is 28.7. The van der Waals surface area contributed by atoms with Crippen LogP contribution in [-0.2, 0) is 19.1 Å². The zero-order valence-corrected chi connectivity index (χ0v) is 23.5. The summed E-state index contributed by atoms with van der Waals surface area (Å²) < 4.78 is 12.5. The van der Waals surface area contributed by atoms with Crippen molar-refractivity contribution in [2.75, 3.05) is 13.6 Å². The van der Waals surface area contributed by atoms with Crippen LogP contribution in [0.5, 0.6) is 0 Å². The molecular formula is C29H47NO7. The van der Waals surface area contributed by atoms with Gasteiger partial charge in [-0.3, -0.25) is 14.5 Å². The molecule has 4 rings (SSSR count). The van der Waals surface area contributed by atoms with E-state index in [2.05, 4.69) is 6.58 Å². The van der Waals surface area contributed by atoms with Crippen LogP contribution >= 0.6 is 0 Å². The first-order valence-corrected chi connectivity index (χ1v) is 13.9. The Morgan fingerprint density at radius 1 is 1.14 bits per heavy atom. The molecule has 1 aliphatic heterocycles. The number of likely N-dealkylation sites (N-methyl/N-ethyl adjacent to an activating group) is 1. The number of hydrogen-bond acceptors (Lipinski definition) is 8. The fourth-order valence-electron chi connectivity index (χ4n) is 8.51. The van der Waals surface area contributed by atoms with E-state index in [0.29, 0.717) is 12.8 Å². The van der Waals surface area contributed by atoms with Gasteiger partial charge in [0.2, 0.25) is 0 Å². The molecule has 0 bridgehead atoms. The van der Waals surface area contributed by atoms with Crippen LogP contribution < -0.4 is 0 Å². The second-order valence-corrected chi connectivity index (χ2v) is 13.4. The minimum absolute atomic E-state index is 0.0308. The van der Waals surface area contributed by atoms with E-state index in [9.17, 15) is 24.9 Å². The van der Waals surface area contributed by atoms with Gasteiger partial charge in [0.05, 0.1) is 24.4 Å². The van der Waals surface area contributed by atoms with Crippen molar-refractivity contribution in [3.05, 3.63) is 12.7 Å². The van der Waals surface area contributed by atoms with E-state index in [-0.39, 0.29) is 19.0 Å². The van der Waals surface area contributed by atoms with Gasteiger partial charge < -0.3 is 24.8 Å². The molecule has 0 amide bonds. The van der Waals surface area contributed by atoms with Crippen LogP contribution in [-0.4, -0.2) is 86.7 Å². The Bertz CT molecular complexity index is 931. The molecule has 0 aromatic carbocycles. The van der Waals surface area contributed by atoms with Crippen LogP contribution in [0.1, 0.15) is 86.0 Å². The number of carbonyl (C=O) groups is 2.